The fourth-order valence-electron chi connectivity index (χ4n) is 4.49. The summed E-state index contributed by atoms with van der Waals surface area (Å²) < 4.78 is 7.34. The second-order valence-electron chi connectivity index (χ2n) is 8.99. The molecule has 174 valence electrons. The molecule has 4 aromatic rings. The van der Waals surface area contributed by atoms with Gasteiger partial charge < -0.3 is 14.0 Å². The van der Waals surface area contributed by atoms with E-state index in [0.717, 1.165) is 28.8 Å². The van der Waals surface area contributed by atoms with Crippen LogP contribution in [0.25, 0.3) is 22.4 Å². The minimum absolute atomic E-state index is 0.0484. The van der Waals surface area contributed by atoms with E-state index in [1.165, 1.54) is 5.56 Å². The second kappa shape index (κ2) is 8.52. The first kappa shape index (κ1) is 22.0. The van der Waals surface area contributed by atoms with Gasteiger partial charge in [0.15, 0.2) is 0 Å². The van der Waals surface area contributed by atoms with Crippen molar-refractivity contribution in [3.63, 3.8) is 0 Å². The highest BCUT2D eigenvalue weighted by Gasteiger charge is 2.35. The molecular formula is C26H27N5O3. The first-order valence-electron chi connectivity index (χ1n) is 11.6. The Labute approximate surface area is 197 Å². The molecule has 2 aromatic heterocycles. The zero-order valence-electron chi connectivity index (χ0n) is 19.8. The highest BCUT2D eigenvalue weighted by atomic mass is 16.5. The van der Waals surface area contributed by atoms with Gasteiger partial charge in [-0.2, -0.15) is 4.98 Å². The molecule has 3 heterocycles. The monoisotopic (exact) mass is 457 g/mol. The summed E-state index contributed by atoms with van der Waals surface area (Å²) in [5.74, 6) is 0.787. The third kappa shape index (κ3) is 3.79. The third-order valence-corrected chi connectivity index (χ3v) is 6.53. The molecule has 8 nitrogen and oxygen atoms in total. The molecule has 0 aliphatic carbocycles. The largest absolute Gasteiger partial charge is 0.339 e. The molecule has 1 fully saturated rings. The van der Waals surface area contributed by atoms with E-state index < -0.39 is 0 Å². The summed E-state index contributed by atoms with van der Waals surface area (Å²) in [5.41, 5.74) is 5.89. The minimum Gasteiger partial charge on any atom is -0.339 e. The molecule has 0 saturated carbocycles. The number of hydrogen-bond donors (Lipinski definition) is 0. The lowest BCUT2D eigenvalue weighted by Crippen LogP contribution is -2.24. The highest BCUT2D eigenvalue weighted by molar-refractivity contribution is 5.96. The molecule has 0 N–H and O–H groups in total. The minimum atomic E-state index is -0.161. The van der Waals surface area contributed by atoms with Crippen molar-refractivity contribution in [2.45, 2.75) is 53.0 Å². The Morgan fingerprint density at radius 3 is 2.62 bits per heavy atom. The van der Waals surface area contributed by atoms with Crippen LogP contribution < -0.4 is 10.5 Å². The van der Waals surface area contributed by atoms with E-state index in [-0.39, 0.29) is 17.4 Å². The quantitative estimate of drug-likeness (QED) is 0.443. The maximum atomic E-state index is 12.7. The van der Waals surface area contributed by atoms with Gasteiger partial charge in [0.25, 0.3) is 5.56 Å². The van der Waals surface area contributed by atoms with Crippen molar-refractivity contribution in [1.29, 1.82) is 0 Å². The fourth-order valence-corrected chi connectivity index (χ4v) is 4.49. The molecular weight excluding hydrogens is 430 g/mol. The number of carbonyl (C=O) groups is 1. The number of hydrogen-bond acceptors (Lipinski definition) is 6. The van der Waals surface area contributed by atoms with Gasteiger partial charge in [0.05, 0.1) is 17.0 Å². The molecule has 34 heavy (non-hydrogen) atoms. The van der Waals surface area contributed by atoms with Crippen LogP contribution >= 0.6 is 0 Å². The van der Waals surface area contributed by atoms with Crippen molar-refractivity contribution in [2.75, 3.05) is 11.4 Å². The number of nitrogens with zero attached hydrogens (tertiary/aromatic N) is 5. The molecule has 0 bridgehead atoms. The molecule has 8 heteroatoms. The van der Waals surface area contributed by atoms with Crippen LogP contribution in [0.15, 0.2) is 45.7 Å². The number of anilines is 1. The Kier molecular flexibility index (Phi) is 5.51. The van der Waals surface area contributed by atoms with Crippen LogP contribution in [-0.4, -0.2) is 32.1 Å². The average molecular weight is 458 g/mol. The molecule has 1 amide bonds. The lowest BCUT2D eigenvalue weighted by atomic mass is 10.1. The Morgan fingerprint density at radius 2 is 1.85 bits per heavy atom. The molecule has 5 rings (SSSR count). The normalized spacial score (nSPS) is 16.1. The zero-order chi connectivity index (χ0) is 24.0. The van der Waals surface area contributed by atoms with Gasteiger partial charge in [0, 0.05) is 30.8 Å². The van der Waals surface area contributed by atoms with Gasteiger partial charge >= 0.3 is 0 Å². The van der Waals surface area contributed by atoms with E-state index in [1.54, 1.807) is 16.4 Å². The van der Waals surface area contributed by atoms with Crippen molar-refractivity contribution in [1.82, 2.24) is 19.7 Å². The summed E-state index contributed by atoms with van der Waals surface area (Å²) in [7, 11) is 0. The SMILES string of the molecule is CCCn1c(=O)c(C)nc2cc(-c3noc([C@H]4CC(=O)N(c5ccc(C)c(C)c5)C4)n3)ccc21. The van der Waals surface area contributed by atoms with Crippen LogP contribution in [0, 0.1) is 20.8 Å². The van der Waals surface area contributed by atoms with Gasteiger partial charge in [-0.1, -0.05) is 18.1 Å². The predicted octanol–water partition coefficient (Wildman–Crippen LogP) is 4.30. The van der Waals surface area contributed by atoms with Gasteiger partial charge in [-0.3, -0.25) is 9.59 Å². The van der Waals surface area contributed by atoms with Crippen molar-refractivity contribution in [3.8, 4) is 11.4 Å². The van der Waals surface area contributed by atoms with Gasteiger partial charge in [-0.05, 0) is 68.7 Å². The zero-order valence-corrected chi connectivity index (χ0v) is 19.8. The predicted molar refractivity (Wildman–Crippen MR) is 130 cm³/mol. The number of fused-ring (bicyclic) bond motifs is 1. The summed E-state index contributed by atoms with van der Waals surface area (Å²) in [6, 6.07) is 11.7. The summed E-state index contributed by atoms with van der Waals surface area (Å²) in [6.07, 6.45) is 1.18. The Balaban J connectivity index is 1.42. The third-order valence-electron chi connectivity index (χ3n) is 6.53. The molecule has 1 aliphatic heterocycles. The summed E-state index contributed by atoms with van der Waals surface area (Å²) in [6.45, 7) is 9.01. The number of carbonyl (C=O) groups excluding carboxylic acids is 1. The van der Waals surface area contributed by atoms with Gasteiger partial charge in [-0.25, -0.2) is 4.98 Å². The number of rotatable bonds is 5. The van der Waals surface area contributed by atoms with E-state index in [2.05, 4.69) is 22.0 Å². The maximum Gasteiger partial charge on any atom is 0.272 e. The summed E-state index contributed by atoms with van der Waals surface area (Å²) >= 11 is 0. The van der Waals surface area contributed by atoms with Crippen LogP contribution in [-0.2, 0) is 11.3 Å². The second-order valence-corrected chi connectivity index (χ2v) is 8.99. The van der Waals surface area contributed by atoms with E-state index in [4.69, 9.17) is 4.52 Å². The van der Waals surface area contributed by atoms with Crippen molar-refractivity contribution in [2.24, 2.45) is 0 Å². The summed E-state index contributed by atoms with van der Waals surface area (Å²) in [5, 5.41) is 4.17. The average Bonchev–Trinajstić information content (AvgIpc) is 3.45. The Hall–Kier alpha value is -3.81. The Bertz CT molecular complexity index is 1470. The standard InChI is InChI=1S/C26H27N5O3/c1-5-10-30-22-9-7-18(12-21(22)27-17(4)26(30)33)24-28-25(34-29-24)19-13-23(32)31(14-19)20-8-6-15(2)16(3)11-20/h6-9,11-12,19H,5,10,13-14H2,1-4H3/t19-/m0/s1. The lowest BCUT2D eigenvalue weighted by molar-refractivity contribution is -0.117. The molecule has 2 aromatic carbocycles. The van der Waals surface area contributed by atoms with E-state index in [1.807, 2.05) is 50.2 Å². The van der Waals surface area contributed by atoms with Crippen LogP contribution in [0.5, 0.6) is 0 Å². The number of benzene rings is 2. The van der Waals surface area contributed by atoms with E-state index in [9.17, 15) is 9.59 Å². The number of amides is 1. The van der Waals surface area contributed by atoms with Crippen LogP contribution in [0.1, 0.15) is 48.4 Å². The van der Waals surface area contributed by atoms with E-state index in [0.29, 0.717) is 42.4 Å². The first-order valence-corrected chi connectivity index (χ1v) is 11.6. The highest BCUT2D eigenvalue weighted by Crippen LogP contribution is 2.33. The molecule has 1 aliphatic rings. The van der Waals surface area contributed by atoms with Crippen molar-refractivity contribution >= 4 is 22.6 Å². The topological polar surface area (TPSA) is 94.1 Å². The first-order chi connectivity index (χ1) is 16.4. The van der Waals surface area contributed by atoms with Crippen LogP contribution in [0.3, 0.4) is 0 Å². The molecule has 0 spiro atoms. The number of aryl methyl sites for hydroxylation is 4. The smallest absolute Gasteiger partial charge is 0.272 e. The van der Waals surface area contributed by atoms with Crippen molar-refractivity contribution < 1.29 is 9.32 Å². The lowest BCUT2D eigenvalue weighted by Gasteiger charge is -2.17. The van der Waals surface area contributed by atoms with Crippen LogP contribution in [0.2, 0.25) is 0 Å². The van der Waals surface area contributed by atoms with Gasteiger partial charge in [0.2, 0.25) is 17.6 Å². The maximum absolute atomic E-state index is 12.7. The van der Waals surface area contributed by atoms with E-state index >= 15 is 0 Å². The van der Waals surface area contributed by atoms with Crippen molar-refractivity contribution in [3.05, 3.63) is 69.5 Å². The Morgan fingerprint density at radius 1 is 1.03 bits per heavy atom. The summed E-state index contributed by atoms with van der Waals surface area (Å²) in [4.78, 5) is 36.1. The molecule has 1 saturated heterocycles. The molecule has 0 unspecified atom stereocenters. The molecule has 0 radical (unpaired) electrons. The molecule has 1 atom stereocenters. The van der Waals surface area contributed by atoms with Gasteiger partial charge in [-0.15, -0.1) is 0 Å². The number of aromatic nitrogens is 4. The van der Waals surface area contributed by atoms with Gasteiger partial charge in [0.1, 0.15) is 5.69 Å². The fraction of sp³-hybridized carbons (Fsp3) is 0.346. The van der Waals surface area contributed by atoms with Crippen LogP contribution in [0.4, 0.5) is 5.69 Å².